The van der Waals surface area contributed by atoms with E-state index in [4.69, 9.17) is 5.73 Å². The zero-order chi connectivity index (χ0) is 15.0. The van der Waals surface area contributed by atoms with Crippen LogP contribution in [-0.2, 0) is 23.4 Å². The molecular formula is C15H20N3O2S-. The fourth-order valence-corrected chi connectivity index (χ4v) is 3.22. The number of hydrogen-bond donors (Lipinski definition) is 1. The molecule has 6 heteroatoms. The van der Waals surface area contributed by atoms with E-state index in [0.717, 1.165) is 35.4 Å². The number of nitrogens with zero attached hydrogens (tertiary/aromatic N) is 2. The van der Waals surface area contributed by atoms with Gasteiger partial charge in [-0.1, -0.05) is 30.1 Å². The Balaban J connectivity index is 2.15. The zero-order valence-corrected chi connectivity index (χ0v) is 12.9. The van der Waals surface area contributed by atoms with E-state index in [2.05, 4.69) is 9.55 Å². The second kappa shape index (κ2) is 5.87. The topological polar surface area (TPSA) is 84.0 Å². The number of imidazole rings is 1. The van der Waals surface area contributed by atoms with Crippen molar-refractivity contribution in [2.75, 3.05) is 0 Å². The van der Waals surface area contributed by atoms with Crippen LogP contribution in [0.5, 0.6) is 0 Å². The summed E-state index contributed by atoms with van der Waals surface area (Å²) in [4.78, 5) is 4.67. The molecule has 0 spiro atoms. The molecule has 1 saturated carbocycles. The number of fused-ring (bicyclic) bond motifs is 1. The average molecular weight is 306 g/mol. The van der Waals surface area contributed by atoms with E-state index in [1.54, 1.807) is 0 Å². The van der Waals surface area contributed by atoms with Gasteiger partial charge in [0.05, 0.1) is 17.1 Å². The van der Waals surface area contributed by atoms with Gasteiger partial charge in [-0.25, -0.2) is 4.98 Å². The van der Waals surface area contributed by atoms with E-state index in [9.17, 15) is 8.76 Å². The van der Waals surface area contributed by atoms with Gasteiger partial charge in [-0.15, -0.1) is 0 Å². The van der Waals surface area contributed by atoms with Crippen molar-refractivity contribution >= 4 is 22.1 Å². The number of nitrogens with two attached hydrogens (primary N) is 1. The molecule has 0 amide bonds. The van der Waals surface area contributed by atoms with Crippen molar-refractivity contribution in [3.63, 3.8) is 0 Å². The Morgan fingerprint density at radius 3 is 2.90 bits per heavy atom. The molecule has 3 rings (SSSR count). The second-order valence-corrected chi connectivity index (χ2v) is 6.67. The Hall–Kier alpha value is -1.24. The molecule has 0 aliphatic heterocycles. The van der Waals surface area contributed by atoms with Crippen LogP contribution in [0, 0.1) is 5.92 Å². The Bertz CT molecular complexity index is 679. The molecule has 0 bridgehead atoms. The van der Waals surface area contributed by atoms with Crippen LogP contribution in [0.1, 0.15) is 43.6 Å². The summed E-state index contributed by atoms with van der Waals surface area (Å²) in [5, 5.41) is 0. The summed E-state index contributed by atoms with van der Waals surface area (Å²) in [6.07, 6.45) is 3.28. The summed E-state index contributed by atoms with van der Waals surface area (Å²) < 4.78 is 24.4. The number of hydrogen-bond acceptors (Lipinski definition) is 4. The molecule has 0 radical (unpaired) electrons. The SMILES string of the molecule is CC[C@H](N)c1nc2cccc(CS(=O)[O-])c2n1CC1CC1. The maximum absolute atomic E-state index is 11.1. The molecule has 1 aromatic heterocycles. The largest absolute Gasteiger partial charge is 0.772 e. The first-order valence-electron chi connectivity index (χ1n) is 7.39. The zero-order valence-electron chi connectivity index (χ0n) is 12.1. The summed E-state index contributed by atoms with van der Waals surface area (Å²) in [5.41, 5.74) is 8.79. The van der Waals surface area contributed by atoms with Crippen LogP contribution < -0.4 is 5.73 Å². The summed E-state index contributed by atoms with van der Waals surface area (Å²) in [5.74, 6) is 1.58. The third kappa shape index (κ3) is 3.02. The minimum Gasteiger partial charge on any atom is -0.772 e. The van der Waals surface area contributed by atoms with Crippen LogP contribution in [0.25, 0.3) is 11.0 Å². The minimum absolute atomic E-state index is 0.0223. The summed E-state index contributed by atoms with van der Waals surface area (Å²) in [6.45, 7) is 2.93. The minimum atomic E-state index is -2.10. The van der Waals surface area contributed by atoms with Gasteiger partial charge in [-0.3, -0.25) is 4.21 Å². The third-order valence-corrected chi connectivity index (χ3v) is 4.61. The number of para-hydroxylation sites is 1. The normalized spacial score (nSPS) is 18.0. The molecule has 21 heavy (non-hydrogen) atoms. The van der Waals surface area contributed by atoms with Crippen molar-refractivity contribution in [3.8, 4) is 0 Å². The van der Waals surface area contributed by atoms with Crippen molar-refractivity contribution in [1.29, 1.82) is 0 Å². The van der Waals surface area contributed by atoms with Gasteiger partial charge in [0.2, 0.25) is 0 Å². The fourth-order valence-electron chi connectivity index (χ4n) is 2.73. The van der Waals surface area contributed by atoms with Crippen molar-refractivity contribution < 1.29 is 8.76 Å². The van der Waals surface area contributed by atoms with Gasteiger partial charge in [-0.05, 0) is 36.8 Å². The highest BCUT2D eigenvalue weighted by Crippen LogP contribution is 2.34. The molecule has 0 saturated heterocycles. The molecule has 2 aromatic rings. The summed E-state index contributed by atoms with van der Waals surface area (Å²) in [7, 11) is 0. The highest BCUT2D eigenvalue weighted by Gasteiger charge is 2.26. The van der Waals surface area contributed by atoms with Crippen LogP contribution in [0.3, 0.4) is 0 Å². The molecule has 1 heterocycles. The van der Waals surface area contributed by atoms with Gasteiger partial charge in [0, 0.05) is 12.3 Å². The van der Waals surface area contributed by atoms with E-state index in [1.807, 2.05) is 25.1 Å². The lowest BCUT2D eigenvalue weighted by atomic mass is 10.2. The smallest absolute Gasteiger partial charge is 0.126 e. The van der Waals surface area contributed by atoms with Crippen LogP contribution >= 0.6 is 0 Å². The molecule has 2 atom stereocenters. The first kappa shape index (κ1) is 14.7. The Kier molecular flexibility index (Phi) is 4.10. The third-order valence-electron chi connectivity index (χ3n) is 4.06. The van der Waals surface area contributed by atoms with Crippen molar-refractivity contribution in [1.82, 2.24) is 9.55 Å². The second-order valence-electron chi connectivity index (χ2n) is 5.77. The van der Waals surface area contributed by atoms with Crippen LogP contribution in [0.4, 0.5) is 0 Å². The van der Waals surface area contributed by atoms with Crippen molar-refractivity contribution in [3.05, 3.63) is 29.6 Å². The van der Waals surface area contributed by atoms with Crippen LogP contribution in [0.2, 0.25) is 0 Å². The Morgan fingerprint density at radius 2 is 2.29 bits per heavy atom. The molecule has 114 valence electrons. The Labute approximate surface area is 126 Å². The van der Waals surface area contributed by atoms with Gasteiger partial charge >= 0.3 is 0 Å². The van der Waals surface area contributed by atoms with E-state index >= 15 is 0 Å². The van der Waals surface area contributed by atoms with Gasteiger partial charge in [-0.2, -0.15) is 0 Å². The molecule has 1 aliphatic rings. The van der Waals surface area contributed by atoms with E-state index in [-0.39, 0.29) is 11.8 Å². The highest BCUT2D eigenvalue weighted by molar-refractivity contribution is 7.78. The standard InChI is InChI=1S/C15H21N3O2S/c1-2-12(16)15-17-13-5-3-4-11(9-21(19)20)14(13)18(15)8-10-6-7-10/h3-5,10,12H,2,6-9,16H2,1H3,(H,19,20)/p-1/t12-/m0/s1. The lowest BCUT2D eigenvalue weighted by molar-refractivity contribution is 0.535. The summed E-state index contributed by atoms with van der Waals surface area (Å²) in [6, 6.07) is 5.55. The highest BCUT2D eigenvalue weighted by atomic mass is 32.2. The Morgan fingerprint density at radius 1 is 1.52 bits per heavy atom. The maximum atomic E-state index is 11.1. The van der Waals surface area contributed by atoms with Crippen molar-refractivity contribution in [2.45, 2.75) is 44.5 Å². The van der Waals surface area contributed by atoms with E-state index < -0.39 is 11.1 Å². The molecule has 1 unspecified atom stereocenters. The van der Waals surface area contributed by atoms with Gasteiger partial charge in [0.15, 0.2) is 0 Å². The van der Waals surface area contributed by atoms with Crippen LogP contribution in [0.15, 0.2) is 18.2 Å². The van der Waals surface area contributed by atoms with E-state index in [0.29, 0.717) is 5.92 Å². The fraction of sp³-hybridized carbons (Fsp3) is 0.533. The average Bonchev–Trinajstić information content (AvgIpc) is 3.18. The van der Waals surface area contributed by atoms with Gasteiger partial charge in [0.25, 0.3) is 0 Å². The molecule has 1 aliphatic carbocycles. The molecule has 5 nitrogen and oxygen atoms in total. The first-order valence-corrected chi connectivity index (χ1v) is 8.64. The number of benzene rings is 1. The maximum Gasteiger partial charge on any atom is 0.126 e. The quantitative estimate of drug-likeness (QED) is 0.829. The predicted molar refractivity (Wildman–Crippen MR) is 82.3 cm³/mol. The predicted octanol–water partition coefficient (Wildman–Crippen LogP) is 2.24. The van der Waals surface area contributed by atoms with E-state index in [1.165, 1.54) is 12.8 Å². The van der Waals surface area contributed by atoms with Crippen LogP contribution in [-0.4, -0.2) is 18.3 Å². The molecule has 2 N–H and O–H groups in total. The number of rotatable bonds is 6. The van der Waals surface area contributed by atoms with Crippen molar-refractivity contribution in [2.24, 2.45) is 11.7 Å². The molecular weight excluding hydrogens is 286 g/mol. The summed E-state index contributed by atoms with van der Waals surface area (Å²) >= 11 is -2.10. The van der Waals surface area contributed by atoms with Gasteiger partial charge in [0.1, 0.15) is 5.82 Å². The molecule has 1 fully saturated rings. The lowest BCUT2D eigenvalue weighted by Crippen LogP contribution is -2.17. The number of aromatic nitrogens is 2. The molecule has 1 aromatic carbocycles. The lowest BCUT2D eigenvalue weighted by Gasteiger charge is -2.15. The van der Waals surface area contributed by atoms with Gasteiger partial charge < -0.3 is 14.9 Å². The monoisotopic (exact) mass is 306 g/mol. The first-order chi connectivity index (χ1) is 10.1.